The van der Waals surface area contributed by atoms with Gasteiger partial charge in [0.2, 0.25) is 0 Å². The third-order valence-corrected chi connectivity index (χ3v) is 4.52. The molecule has 0 aliphatic rings. The van der Waals surface area contributed by atoms with Crippen molar-refractivity contribution in [1.82, 2.24) is 5.32 Å². The van der Waals surface area contributed by atoms with Crippen molar-refractivity contribution in [2.75, 3.05) is 0 Å². The van der Waals surface area contributed by atoms with Crippen LogP contribution in [-0.2, 0) is 0 Å². The zero-order valence-electron chi connectivity index (χ0n) is 10.3. The highest BCUT2D eigenvalue weighted by Gasteiger charge is 2.12. The van der Waals surface area contributed by atoms with Crippen LogP contribution < -0.4 is 5.32 Å². The second kappa shape index (κ2) is 6.07. The van der Waals surface area contributed by atoms with E-state index in [0.29, 0.717) is 0 Å². The number of hydrogen-bond donors (Lipinski definition) is 1. The highest BCUT2D eigenvalue weighted by atomic mass is 35.5. The average molecular weight is 300 g/mol. The van der Waals surface area contributed by atoms with Crippen LogP contribution >= 0.6 is 34.5 Å². The number of nitrogens with one attached hydrogen (secondary N) is 1. The van der Waals surface area contributed by atoms with E-state index < -0.39 is 0 Å². The van der Waals surface area contributed by atoms with Crippen LogP contribution in [0, 0.1) is 0 Å². The van der Waals surface area contributed by atoms with Crippen molar-refractivity contribution in [3.05, 3.63) is 56.2 Å². The van der Waals surface area contributed by atoms with E-state index in [4.69, 9.17) is 23.2 Å². The smallest absolute Gasteiger partial charge is 0.0931 e. The molecule has 4 heteroatoms. The molecule has 1 heterocycles. The molecule has 1 nitrogen and oxygen atoms in total. The summed E-state index contributed by atoms with van der Waals surface area (Å²) in [6, 6.07) is 12.5. The molecule has 0 spiro atoms. The molecule has 0 saturated heterocycles. The topological polar surface area (TPSA) is 12.0 Å². The molecule has 1 N–H and O–H groups in total. The van der Waals surface area contributed by atoms with Crippen molar-refractivity contribution in [2.24, 2.45) is 0 Å². The molecule has 0 radical (unpaired) electrons. The molecule has 0 amide bonds. The fourth-order valence-electron chi connectivity index (χ4n) is 1.89. The molecule has 2 rings (SSSR count). The molecule has 0 aliphatic carbocycles. The molecule has 2 atom stereocenters. The Hall–Kier alpha value is -0.540. The van der Waals surface area contributed by atoms with Gasteiger partial charge in [-0.3, -0.25) is 0 Å². The van der Waals surface area contributed by atoms with Gasteiger partial charge in [0.25, 0.3) is 0 Å². The van der Waals surface area contributed by atoms with Gasteiger partial charge in [0.05, 0.1) is 4.34 Å². The molecule has 2 unspecified atom stereocenters. The number of benzene rings is 1. The summed E-state index contributed by atoms with van der Waals surface area (Å²) < 4.78 is 0.828. The van der Waals surface area contributed by atoms with Crippen LogP contribution in [-0.4, -0.2) is 0 Å². The minimum atomic E-state index is 0.250. The van der Waals surface area contributed by atoms with E-state index in [1.165, 1.54) is 10.4 Å². The Morgan fingerprint density at radius 1 is 1.06 bits per heavy atom. The molecule has 1 aromatic heterocycles. The van der Waals surface area contributed by atoms with Crippen molar-refractivity contribution in [1.29, 1.82) is 0 Å². The number of halogens is 2. The zero-order chi connectivity index (χ0) is 13.1. The maximum Gasteiger partial charge on any atom is 0.0931 e. The Balaban J connectivity index is 2.05. The maximum atomic E-state index is 6.00. The van der Waals surface area contributed by atoms with Crippen molar-refractivity contribution in [3.63, 3.8) is 0 Å². The summed E-state index contributed by atoms with van der Waals surface area (Å²) in [6.45, 7) is 4.28. The van der Waals surface area contributed by atoms with Gasteiger partial charge in [-0.2, -0.15) is 0 Å². The number of thiophene rings is 1. The van der Waals surface area contributed by atoms with Crippen LogP contribution in [0.3, 0.4) is 0 Å². The van der Waals surface area contributed by atoms with Crippen molar-refractivity contribution in [2.45, 2.75) is 25.9 Å². The summed E-state index contributed by atoms with van der Waals surface area (Å²) >= 11 is 13.6. The van der Waals surface area contributed by atoms with Gasteiger partial charge in [0.15, 0.2) is 0 Å². The molecule has 2 aromatic rings. The second-order valence-corrected chi connectivity index (χ2v) is 6.49. The quantitative estimate of drug-likeness (QED) is 0.789. The fraction of sp³-hybridized carbons (Fsp3) is 0.286. The van der Waals surface area contributed by atoms with Crippen molar-refractivity contribution in [3.8, 4) is 0 Å². The van der Waals surface area contributed by atoms with Gasteiger partial charge in [-0.25, -0.2) is 0 Å². The first kappa shape index (κ1) is 13.9. The van der Waals surface area contributed by atoms with Gasteiger partial charge in [0.1, 0.15) is 0 Å². The zero-order valence-corrected chi connectivity index (χ0v) is 12.6. The van der Waals surface area contributed by atoms with Crippen molar-refractivity contribution >= 4 is 34.5 Å². The maximum absolute atomic E-state index is 6.00. The van der Waals surface area contributed by atoms with E-state index in [1.807, 2.05) is 24.3 Å². The van der Waals surface area contributed by atoms with E-state index in [1.54, 1.807) is 11.3 Å². The molecule has 1 aromatic carbocycles. The minimum Gasteiger partial charge on any atom is -0.303 e. The standard InChI is InChI=1S/C14H15Cl2NS/c1-9(11-4-3-5-12(15)8-11)17-10(2)13-6-7-14(16)18-13/h3-10,17H,1-2H3. The van der Waals surface area contributed by atoms with E-state index in [-0.39, 0.29) is 12.1 Å². The van der Waals surface area contributed by atoms with Crippen LogP contribution in [0.1, 0.15) is 36.4 Å². The summed E-state index contributed by atoms with van der Waals surface area (Å²) in [5, 5.41) is 4.32. The summed E-state index contributed by atoms with van der Waals surface area (Å²) in [6.07, 6.45) is 0. The third kappa shape index (κ3) is 3.48. The molecule has 0 aliphatic heterocycles. The van der Waals surface area contributed by atoms with Crippen LogP contribution in [0.2, 0.25) is 9.36 Å². The Kier molecular flexibility index (Phi) is 4.68. The van der Waals surface area contributed by atoms with Gasteiger partial charge in [-0.15, -0.1) is 11.3 Å². The summed E-state index contributed by atoms with van der Waals surface area (Å²) in [5.74, 6) is 0. The van der Waals surface area contributed by atoms with E-state index >= 15 is 0 Å². The summed E-state index contributed by atoms with van der Waals surface area (Å²) in [4.78, 5) is 1.24. The Bertz CT molecular complexity index is 524. The lowest BCUT2D eigenvalue weighted by Crippen LogP contribution is -2.21. The van der Waals surface area contributed by atoms with Crippen LogP contribution in [0.5, 0.6) is 0 Å². The van der Waals surface area contributed by atoms with E-state index in [2.05, 4.69) is 31.3 Å². The molecule has 18 heavy (non-hydrogen) atoms. The predicted octanol–water partition coefficient (Wildman–Crippen LogP) is 5.47. The first-order valence-corrected chi connectivity index (χ1v) is 7.40. The van der Waals surface area contributed by atoms with Gasteiger partial charge in [-0.1, -0.05) is 35.3 Å². The highest BCUT2D eigenvalue weighted by molar-refractivity contribution is 7.16. The molecule has 96 valence electrons. The fourth-order valence-corrected chi connectivity index (χ4v) is 3.16. The minimum absolute atomic E-state index is 0.250. The van der Waals surface area contributed by atoms with E-state index in [9.17, 15) is 0 Å². The summed E-state index contributed by atoms with van der Waals surface area (Å²) in [5.41, 5.74) is 1.19. The van der Waals surface area contributed by atoms with Crippen LogP contribution in [0.25, 0.3) is 0 Å². The highest BCUT2D eigenvalue weighted by Crippen LogP contribution is 2.28. The average Bonchev–Trinajstić information content (AvgIpc) is 2.76. The second-order valence-electron chi connectivity index (χ2n) is 4.31. The number of rotatable bonds is 4. The molecule has 0 saturated carbocycles. The van der Waals surface area contributed by atoms with E-state index in [0.717, 1.165) is 9.36 Å². The Labute approximate surface area is 122 Å². The van der Waals surface area contributed by atoms with Crippen LogP contribution in [0.15, 0.2) is 36.4 Å². The Morgan fingerprint density at radius 3 is 2.44 bits per heavy atom. The first-order chi connectivity index (χ1) is 8.56. The third-order valence-electron chi connectivity index (χ3n) is 2.87. The van der Waals surface area contributed by atoms with Gasteiger partial charge in [-0.05, 0) is 43.7 Å². The molecule has 0 fully saturated rings. The first-order valence-electron chi connectivity index (χ1n) is 5.83. The van der Waals surface area contributed by atoms with Gasteiger partial charge in [0, 0.05) is 22.0 Å². The monoisotopic (exact) mass is 299 g/mol. The molecular formula is C14H15Cl2NS. The normalized spacial score (nSPS) is 14.4. The lowest BCUT2D eigenvalue weighted by molar-refractivity contribution is 0.500. The molecular weight excluding hydrogens is 285 g/mol. The van der Waals surface area contributed by atoms with Gasteiger partial charge < -0.3 is 5.32 Å². The largest absolute Gasteiger partial charge is 0.303 e. The predicted molar refractivity (Wildman–Crippen MR) is 80.7 cm³/mol. The van der Waals surface area contributed by atoms with Crippen LogP contribution in [0.4, 0.5) is 0 Å². The lowest BCUT2D eigenvalue weighted by atomic mass is 10.1. The SMILES string of the molecule is CC(NC(C)c1ccc(Cl)s1)c1cccc(Cl)c1. The summed E-state index contributed by atoms with van der Waals surface area (Å²) in [7, 11) is 0. The van der Waals surface area contributed by atoms with Gasteiger partial charge >= 0.3 is 0 Å². The van der Waals surface area contributed by atoms with Crippen molar-refractivity contribution < 1.29 is 0 Å². The number of hydrogen-bond acceptors (Lipinski definition) is 2. The lowest BCUT2D eigenvalue weighted by Gasteiger charge is -2.19. The Morgan fingerprint density at radius 2 is 1.83 bits per heavy atom. The molecule has 0 bridgehead atoms.